The Morgan fingerprint density at radius 1 is 1.04 bits per heavy atom. The van der Waals surface area contributed by atoms with Gasteiger partial charge in [-0.1, -0.05) is 30.3 Å². The van der Waals surface area contributed by atoms with Crippen LogP contribution in [0.15, 0.2) is 54.6 Å². The van der Waals surface area contributed by atoms with E-state index in [0.717, 1.165) is 0 Å². The minimum atomic E-state index is -3.28. The van der Waals surface area contributed by atoms with Crippen molar-refractivity contribution in [3.05, 3.63) is 65.7 Å². The maximum absolute atomic E-state index is 12.6. The molecule has 1 amide bonds. The molecule has 0 N–H and O–H groups in total. The van der Waals surface area contributed by atoms with Crippen LogP contribution < -0.4 is 4.31 Å². The standard InChI is InChI=1S/C20H22N2O5S/c1-21(2)19(23)18(15-7-4-3-5-8-15)27-20(24)16-9-11-17(12-10-16)22-13-6-14-28(22,25)26/h3-5,7-12,18H,6,13-14H2,1-2H3/t18-/m0/s1. The Morgan fingerprint density at radius 3 is 2.21 bits per heavy atom. The third-order valence-corrected chi connectivity index (χ3v) is 6.35. The molecular formula is C20H22N2O5S. The minimum Gasteiger partial charge on any atom is -0.444 e. The second-order valence-corrected chi connectivity index (χ2v) is 8.73. The summed E-state index contributed by atoms with van der Waals surface area (Å²) in [6.45, 7) is 0.430. The first-order valence-corrected chi connectivity index (χ1v) is 10.5. The van der Waals surface area contributed by atoms with E-state index in [0.29, 0.717) is 24.2 Å². The zero-order valence-electron chi connectivity index (χ0n) is 15.7. The number of carbonyl (C=O) groups is 2. The molecule has 8 heteroatoms. The molecule has 28 heavy (non-hydrogen) atoms. The summed E-state index contributed by atoms with van der Waals surface area (Å²) in [5.41, 5.74) is 1.33. The smallest absolute Gasteiger partial charge is 0.339 e. The molecule has 0 saturated carbocycles. The molecule has 1 saturated heterocycles. The highest BCUT2D eigenvalue weighted by molar-refractivity contribution is 7.93. The summed E-state index contributed by atoms with van der Waals surface area (Å²) in [7, 11) is -0.0928. The van der Waals surface area contributed by atoms with Crippen LogP contribution in [0.1, 0.15) is 28.4 Å². The van der Waals surface area contributed by atoms with E-state index in [-0.39, 0.29) is 17.2 Å². The van der Waals surface area contributed by atoms with Crippen molar-refractivity contribution in [2.45, 2.75) is 12.5 Å². The number of rotatable bonds is 5. The molecule has 0 unspecified atom stereocenters. The number of hydrogen-bond acceptors (Lipinski definition) is 5. The van der Waals surface area contributed by atoms with Crippen LogP contribution in [0, 0.1) is 0 Å². The van der Waals surface area contributed by atoms with E-state index in [1.807, 2.05) is 6.07 Å². The molecule has 1 heterocycles. The molecule has 148 valence electrons. The van der Waals surface area contributed by atoms with Gasteiger partial charge >= 0.3 is 5.97 Å². The monoisotopic (exact) mass is 402 g/mol. The fraction of sp³-hybridized carbons (Fsp3) is 0.300. The normalized spacial score (nSPS) is 16.4. The first-order chi connectivity index (χ1) is 13.3. The van der Waals surface area contributed by atoms with Crippen molar-refractivity contribution < 1.29 is 22.7 Å². The van der Waals surface area contributed by atoms with Gasteiger partial charge in [0.15, 0.2) is 0 Å². The van der Waals surface area contributed by atoms with Crippen LogP contribution >= 0.6 is 0 Å². The summed E-state index contributed by atoms with van der Waals surface area (Å²) >= 11 is 0. The van der Waals surface area contributed by atoms with Gasteiger partial charge in [-0.15, -0.1) is 0 Å². The Kier molecular flexibility index (Phi) is 5.69. The maximum atomic E-state index is 12.6. The number of hydrogen-bond donors (Lipinski definition) is 0. The molecular weight excluding hydrogens is 380 g/mol. The number of amides is 1. The van der Waals surface area contributed by atoms with Crippen molar-refractivity contribution in [1.82, 2.24) is 4.90 Å². The van der Waals surface area contributed by atoms with Crippen molar-refractivity contribution in [2.24, 2.45) is 0 Å². The lowest BCUT2D eigenvalue weighted by Crippen LogP contribution is -2.31. The van der Waals surface area contributed by atoms with E-state index in [2.05, 4.69) is 0 Å². The zero-order valence-corrected chi connectivity index (χ0v) is 16.6. The zero-order chi connectivity index (χ0) is 20.3. The molecule has 7 nitrogen and oxygen atoms in total. The van der Waals surface area contributed by atoms with Gasteiger partial charge in [0.25, 0.3) is 5.91 Å². The Balaban J connectivity index is 1.79. The molecule has 2 aromatic carbocycles. The summed E-state index contributed by atoms with van der Waals surface area (Å²) in [6, 6.07) is 15.0. The van der Waals surface area contributed by atoms with Gasteiger partial charge in [-0.3, -0.25) is 9.10 Å². The SMILES string of the molecule is CN(C)C(=O)[C@@H](OC(=O)c1ccc(N2CCCS2(=O)=O)cc1)c1ccccc1. The van der Waals surface area contributed by atoms with Crippen LogP contribution in [0.25, 0.3) is 0 Å². The lowest BCUT2D eigenvalue weighted by atomic mass is 10.1. The molecule has 1 aliphatic rings. The van der Waals surface area contributed by atoms with Crippen LogP contribution in [-0.4, -0.2) is 51.6 Å². The molecule has 2 aromatic rings. The highest BCUT2D eigenvalue weighted by Gasteiger charge is 2.29. The van der Waals surface area contributed by atoms with Gasteiger partial charge in [0.05, 0.1) is 17.0 Å². The number of carbonyl (C=O) groups excluding carboxylic acids is 2. The summed E-state index contributed by atoms with van der Waals surface area (Å²) < 4.78 is 30.9. The average molecular weight is 402 g/mol. The average Bonchev–Trinajstić information content (AvgIpc) is 3.05. The number of ether oxygens (including phenoxy) is 1. The number of esters is 1. The molecule has 1 aliphatic heterocycles. The van der Waals surface area contributed by atoms with Gasteiger partial charge in [-0.25, -0.2) is 13.2 Å². The molecule has 1 fully saturated rings. The Morgan fingerprint density at radius 2 is 1.68 bits per heavy atom. The predicted molar refractivity (Wildman–Crippen MR) is 105 cm³/mol. The van der Waals surface area contributed by atoms with Crippen LogP contribution in [-0.2, 0) is 19.6 Å². The van der Waals surface area contributed by atoms with Crippen molar-refractivity contribution >= 4 is 27.6 Å². The van der Waals surface area contributed by atoms with Gasteiger partial charge in [-0.2, -0.15) is 0 Å². The van der Waals surface area contributed by atoms with Crippen molar-refractivity contribution in [3.63, 3.8) is 0 Å². The van der Waals surface area contributed by atoms with E-state index in [4.69, 9.17) is 4.74 Å². The van der Waals surface area contributed by atoms with Gasteiger partial charge in [0, 0.05) is 26.2 Å². The first kappa shape index (κ1) is 19.9. The fourth-order valence-corrected chi connectivity index (χ4v) is 4.56. The van der Waals surface area contributed by atoms with Gasteiger partial charge < -0.3 is 9.64 Å². The summed E-state index contributed by atoms with van der Waals surface area (Å²) in [5.74, 6) is -0.874. The Bertz CT molecular complexity index is 956. The van der Waals surface area contributed by atoms with Crippen LogP contribution in [0.2, 0.25) is 0 Å². The molecule has 3 rings (SSSR count). The number of likely N-dealkylation sites (N-methyl/N-ethyl adjacent to an activating group) is 1. The molecule has 0 radical (unpaired) electrons. The highest BCUT2D eigenvalue weighted by Crippen LogP contribution is 2.26. The van der Waals surface area contributed by atoms with E-state index < -0.39 is 22.1 Å². The van der Waals surface area contributed by atoms with Gasteiger partial charge in [0.2, 0.25) is 16.1 Å². The lowest BCUT2D eigenvalue weighted by Gasteiger charge is -2.21. The number of nitrogens with zero attached hydrogens (tertiary/aromatic N) is 2. The Hall–Kier alpha value is -2.87. The molecule has 0 aliphatic carbocycles. The van der Waals surface area contributed by atoms with E-state index in [1.54, 1.807) is 50.5 Å². The molecule has 1 atom stereocenters. The van der Waals surface area contributed by atoms with E-state index in [9.17, 15) is 18.0 Å². The van der Waals surface area contributed by atoms with Crippen molar-refractivity contribution in [1.29, 1.82) is 0 Å². The lowest BCUT2D eigenvalue weighted by molar-refractivity contribution is -0.138. The number of sulfonamides is 1. The quantitative estimate of drug-likeness (QED) is 0.716. The van der Waals surface area contributed by atoms with Crippen LogP contribution in [0.3, 0.4) is 0 Å². The minimum absolute atomic E-state index is 0.127. The van der Waals surface area contributed by atoms with E-state index >= 15 is 0 Å². The number of anilines is 1. The maximum Gasteiger partial charge on any atom is 0.339 e. The van der Waals surface area contributed by atoms with Gasteiger partial charge in [-0.05, 0) is 30.7 Å². The second kappa shape index (κ2) is 8.02. The third-order valence-electron chi connectivity index (χ3n) is 4.48. The molecule has 0 bridgehead atoms. The molecule has 0 aromatic heterocycles. The van der Waals surface area contributed by atoms with E-state index in [1.165, 1.54) is 21.3 Å². The summed E-state index contributed by atoms with van der Waals surface area (Å²) in [6.07, 6.45) is -0.473. The summed E-state index contributed by atoms with van der Waals surface area (Å²) in [4.78, 5) is 26.4. The number of benzene rings is 2. The second-order valence-electron chi connectivity index (χ2n) is 6.72. The highest BCUT2D eigenvalue weighted by atomic mass is 32.2. The van der Waals surface area contributed by atoms with Crippen LogP contribution in [0.4, 0.5) is 5.69 Å². The third kappa shape index (κ3) is 4.17. The summed E-state index contributed by atoms with van der Waals surface area (Å²) in [5, 5.41) is 0. The first-order valence-electron chi connectivity index (χ1n) is 8.87. The van der Waals surface area contributed by atoms with Crippen molar-refractivity contribution in [3.8, 4) is 0 Å². The Labute approximate surface area is 164 Å². The van der Waals surface area contributed by atoms with Crippen molar-refractivity contribution in [2.75, 3.05) is 30.7 Å². The molecule has 0 spiro atoms. The predicted octanol–water partition coefficient (Wildman–Crippen LogP) is 2.21. The topological polar surface area (TPSA) is 84.0 Å². The van der Waals surface area contributed by atoms with Crippen LogP contribution in [0.5, 0.6) is 0 Å². The van der Waals surface area contributed by atoms with Gasteiger partial charge in [0.1, 0.15) is 0 Å². The largest absolute Gasteiger partial charge is 0.444 e. The fourth-order valence-electron chi connectivity index (χ4n) is 2.99.